The Morgan fingerprint density at radius 3 is 2.83 bits per heavy atom. The van der Waals surface area contributed by atoms with E-state index in [1.807, 2.05) is 0 Å². The average Bonchev–Trinajstić information content (AvgIpc) is 2.52. The Morgan fingerprint density at radius 1 is 1.33 bits per heavy atom. The van der Waals surface area contributed by atoms with E-state index in [4.69, 9.17) is 5.11 Å². The zero-order valence-corrected chi connectivity index (χ0v) is 7.42. The molecule has 0 bridgehead atoms. The van der Waals surface area contributed by atoms with Gasteiger partial charge in [0.2, 0.25) is 0 Å². The van der Waals surface area contributed by atoms with Crippen molar-refractivity contribution in [2.45, 2.75) is 31.7 Å². The molecule has 0 aromatic heterocycles. The van der Waals surface area contributed by atoms with Crippen LogP contribution < -0.4 is 5.32 Å². The number of aliphatic hydroxyl groups is 1. The summed E-state index contributed by atoms with van der Waals surface area (Å²) in [6.45, 7) is 1.51. The quantitative estimate of drug-likeness (QED) is 0.604. The number of nitrogens with one attached hydrogen (secondary N) is 1. The first-order valence-electron chi connectivity index (χ1n) is 5.17. The molecule has 12 heavy (non-hydrogen) atoms. The highest BCUT2D eigenvalue weighted by Crippen LogP contribution is 2.62. The molecule has 68 valence electrons. The third kappa shape index (κ3) is 0.882. The fraction of sp³-hybridized carbons (Fsp3) is 1.00. The number of hydrogen-bond acceptors (Lipinski definition) is 2. The van der Waals surface area contributed by atoms with Crippen LogP contribution in [0.2, 0.25) is 0 Å². The first kappa shape index (κ1) is 7.34. The fourth-order valence-electron chi connectivity index (χ4n) is 3.39. The highest BCUT2D eigenvalue weighted by Gasteiger charge is 2.55. The topological polar surface area (TPSA) is 32.3 Å². The summed E-state index contributed by atoms with van der Waals surface area (Å²) in [7, 11) is 0. The van der Waals surface area contributed by atoms with Gasteiger partial charge in [0.25, 0.3) is 0 Å². The van der Waals surface area contributed by atoms with Gasteiger partial charge in [-0.3, -0.25) is 0 Å². The van der Waals surface area contributed by atoms with E-state index in [0.29, 0.717) is 12.6 Å². The van der Waals surface area contributed by atoms with Crippen LogP contribution in [0.5, 0.6) is 0 Å². The van der Waals surface area contributed by atoms with E-state index in [0.717, 1.165) is 23.8 Å². The van der Waals surface area contributed by atoms with E-state index in [-0.39, 0.29) is 0 Å². The van der Waals surface area contributed by atoms with Crippen LogP contribution in [0.15, 0.2) is 0 Å². The summed E-state index contributed by atoms with van der Waals surface area (Å²) in [4.78, 5) is 0. The predicted molar refractivity (Wildman–Crippen MR) is 46.8 cm³/mol. The van der Waals surface area contributed by atoms with Crippen molar-refractivity contribution in [2.75, 3.05) is 13.2 Å². The normalized spacial score (nSPS) is 48.2. The Morgan fingerprint density at radius 2 is 2.17 bits per heavy atom. The molecule has 2 heteroatoms. The molecule has 0 amide bonds. The standard InChI is InChI=1S/C10H17NO/c12-6-9-8-4-10(1-2-10)3-7(8)5-11-9/h7-9,11-12H,1-6H2/t7?,8-,9+/m0/s1. The molecule has 0 aromatic carbocycles. The Hall–Kier alpha value is -0.0800. The van der Waals surface area contributed by atoms with Gasteiger partial charge in [0.05, 0.1) is 6.61 Å². The molecule has 1 unspecified atom stereocenters. The van der Waals surface area contributed by atoms with Crippen LogP contribution in [0.3, 0.4) is 0 Å². The number of hydrogen-bond donors (Lipinski definition) is 2. The second-order valence-corrected chi connectivity index (χ2v) is 5.03. The van der Waals surface area contributed by atoms with Crippen molar-refractivity contribution >= 4 is 0 Å². The van der Waals surface area contributed by atoms with Gasteiger partial charge in [-0.15, -0.1) is 0 Å². The third-order valence-corrected chi connectivity index (χ3v) is 4.28. The maximum atomic E-state index is 9.14. The zero-order chi connectivity index (χ0) is 8.18. The summed E-state index contributed by atoms with van der Waals surface area (Å²) in [6, 6.07) is 0.426. The lowest BCUT2D eigenvalue weighted by Crippen LogP contribution is -2.31. The van der Waals surface area contributed by atoms with Gasteiger partial charge >= 0.3 is 0 Å². The van der Waals surface area contributed by atoms with Gasteiger partial charge in [-0.1, -0.05) is 0 Å². The highest BCUT2D eigenvalue weighted by atomic mass is 16.3. The minimum atomic E-state index is 0.344. The third-order valence-electron chi connectivity index (χ3n) is 4.28. The molecule has 3 fully saturated rings. The van der Waals surface area contributed by atoms with Crippen LogP contribution in [-0.4, -0.2) is 24.3 Å². The molecule has 0 aromatic rings. The summed E-state index contributed by atoms with van der Waals surface area (Å²) in [5, 5.41) is 12.6. The molecule has 2 saturated carbocycles. The molecule has 3 atom stereocenters. The van der Waals surface area contributed by atoms with Crippen molar-refractivity contribution in [1.29, 1.82) is 0 Å². The van der Waals surface area contributed by atoms with Gasteiger partial charge < -0.3 is 10.4 Å². The summed E-state index contributed by atoms with van der Waals surface area (Å²) in [5.41, 5.74) is 0.769. The first-order valence-corrected chi connectivity index (χ1v) is 5.17. The number of rotatable bonds is 1. The monoisotopic (exact) mass is 167 g/mol. The van der Waals surface area contributed by atoms with Gasteiger partial charge in [-0.05, 0) is 49.5 Å². The molecule has 1 spiro atoms. The Labute approximate surface area is 73.4 Å². The Bertz CT molecular complexity index is 200. The van der Waals surface area contributed by atoms with E-state index in [9.17, 15) is 0 Å². The largest absolute Gasteiger partial charge is 0.395 e. The molecular formula is C10H17NO. The lowest BCUT2D eigenvalue weighted by Gasteiger charge is -2.15. The van der Waals surface area contributed by atoms with Gasteiger partial charge in [0.15, 0.2) is 0 Å². The summed E-state index contributed by atoms with van der Waals surface area (Å²) in [6.07, 6.45) is 5.79. The summed E-state index contributed by atoms with van der Waals surface area (Å²) < 4.78 is 0. The molecule has 2 nitrogen and oxygen atoms in total. The Balaban J connectivity index is 1.76. The number of fused-ring (bicyclic) bond motifs is 1. The minimum absolute atomic E-state index is 0.344. The minimum Gasteiger partial charge on any atom is -0.395 e. The lowest BCUT2D eigenvalue weighted by molar-refractivity contribution is 0.219. The van der Waals surface area contributed by atoms with E-state index in [1.54, 1.807) is 0 Å². The average molecular weight is 167 g/mol. The summed E-state index contributed by atoms with van der Waals surface area (Å²) in [5.74, 6) is 1.70. The van der Waals surface area contributed by atoms with E-state index in [2.05, 4.69) is 5.32 Å². The highest BCUT2D eigenvalue weighted by molar-refractivity contribution is 5.08. The van der Waals surface area contributed by atoms with Crippen molar-refractivity contribution in [2.24, 2.45) is 17.3 Å². The summed E-state index contributed by atoms with van der Waals surface area (Å²) >= 11 is 0. The smallest absolute Gasteiger partial charge is 0.0587 e. The van der Waals surface area contributed by atoms with Crippen molar-refractivity contribution < 1.29 is 5.11 Å². The molecule has 2 N–H and O–H groups in total. The van der Waals surface area contributed by atoms with Crippen molar-refractivity contribution in [3.05, 3.63) is 0 Å². The molecule has 1 heterocycles. The Kier molecular flexibility index (Phi) is 1.37. The van der Waals surface area contributed by atoms with Gasteiger partial charge in [-0.25, -0.2) is 0 Å². The van der Waals surface area contributed by atoms with E-state index < -0.39 is 0 Å². The van der Waals surface area contributed by atoms with Crippen molar-refractivity contribution in [3.8, 4) is 0 Å². The molecular weight excluding hydrogens is 150 g/mol. The molecule has 1 aliphatic heterocycles. The predicted octanol–water partition coefficient (Wildman–Crippen LogP) is 0.757. The van der Waals surface area contributed by atoms with Crippen LogP contribution >= 0.6 is 0 Å². The van der Waals surface area contributed by atoms with Gasteiger partial charge in [-0.2, -0.15) is 0 Å². The first-order chi connectivity index (χ1) is 5.83. The molecule has 3 rings (SSSR count). The van der Waals surface area contributed by atoms with Crippen LogP contribution in [0.25, 0.3) is 0 Å². The van der Waals surface area contributed by atoms with Crippen LogP contribution in [-0.2, 0) is 0 Å². The zero-order valence-electron chi connectivity index (χ0n) is 7.42. The van der Waals surface area contributed by atoms with Crippen LogP contribution in [0, 0.1) is 17.3 Å². The van der Waals surface area contributed by atoms with E-state index in [1.165, 1.54) is 25.7 Å². The SMILES string of the molecule is OC[C@H]1NCC2CC3(CC3)C[C@@H]21. The molecule has 0 radical (unpaired) electrons. The molecule has 2 aliphatic carbocycles. The van der Waals surface area contributed by atoms with Crippen molar-refractivity contribution in [3.63, 3.8) is 0 Å². The van der Waals surface area contributed by atoms with Crippen LogP contribution in [0.4, 0.5) is 0 Å². The lowest BCUT2D eigenvalue weighted by atomic mass is 9.94. The second-order valence-electron chi connectivity index (χ2n) is 5.03. The fourth-order valence-corrected chi connectivity index (χ4v) is 3.39. The van der Waals surface area contributed by atoms with Crippen molar-refractivity contribution in [1.82, 2.24) is 5.32 Å². The van der Waals surface area contributed by atoms with Crippen LogP contribution in [0.1, 0.15) is 25.7 Å². The molecule has 3 aliphatic rings. The van der Waals surface area contributed by atoms with E-state index >= 15 is 0 Å². The second kappa shape index (κ2) is 2.24. The maximum Gasteiger partial charge on any atom is 0.0587 e. The molecule has 1 saturated heterocycles. The number of aliphatic hydroxyl groups excluding tert-OH is 1. The van der Waals surface area contributed by atoms with Gasteiger partial charge in [0.1, 0.15) is 0 Å². The van der Waals surface area contributed by atoms with Gasteiger partial charge in [0, 0.05) is 6.04 Å². The maximum absolute atomic E-state index is 9.14.